The monoisotopic (exact) mass is 342 g/mol. The summed E-state index contributed by atoms with van der Waals surface area (Å²) in [6.07, 6.45) is 1.74. The maximum atomic E-state index is 5.32. The largest absolute Gasteiger partial charge is 0.497 e. The van der Waals surface area contributed by atoms with Crippen LogP contribution in [0.5, 0.6) is 11.5 Å². The topological polar surface area (TPSA) is 79.4 Å². The molecule has 3 aromatic heterocycles. The maximum absolute atomic E-state index is 5.32. The Bertz CT molecular complexity index is 996. The molecule has 1 aromatic carbocycles. The Morgan fingerprint density at radius 1 is 1.04 bits per heavy atom. The van der Waals surface area contributed by atoms with Crippen molar-refractivity contribution in [2.45, 2.75) is 0 Å². The van der Waals surface area contributed by atoms with Crippen LogP contribution in [0, 0.1) is 0 Å². The van der Waals surface area contributed by atoms with E-state index < -0.39 is 0 Å². The fourth-order valence-corrected chi connectivity index (χ4v) is 3.32. The molecule has 8 nitrogen and oxygen atoms in total. The lowest BCUT2D eigenvalue weighted by Crippen LogP contribution is -1.96. The fourth-order valence-electron chi connectivity index (χ4n) is 2.42. The van der Waals surface area contributed by atoms with Gasteiger partial charge in [-0.25, -0.2) is 0 Å². The first-order chi connectivity index (χ1) is 11.7. The van der Waals surface area contributed by atoms with Gasteiger partial charge in [0.25, 0.3) is 0 Å². The minimum absolute atomic E-state index is 0.631. The van der Waals surface area contributed by atoms with E-state index in [-0.39, 0.29) is 0 Å². The highest BCUT2D eigenvalue weighted by molar-refractivity contribution is 7.19. The van der Waals surface area contributed by atoms with Crippen LogP contribution in [0.3, 0.4) is 0 Å². The Hall–Kier alpha value is -2.94. The van der Waals surface area contributed by atoms with Crippen LogP contribution in [0.15, 0.2) is 30.5 Å². The lowest BCUT2D eigenvalue weighted by Gasteiger charge is -2.06. The van der Waals surface area contributed by atoms with Crippen LogP contribution in [-0.2, 0) is 7.05 Å². The van der Waals surface area contributed by atoms with Gasteiger partial charge >= 0.3 is 0 Å². The van der Waals surface area contributed by atoms with Gasteiger partial charge in [0.1, 0.15) is 11.5 Å². The molecule has 0 radical (unpaired) electrons. The summed E-state index contributed by atoms with van der Waals surface area (Å²) in [6, 6.07) is 7.48. The molecule has 0 N–H and O–H groups in total. The van der Waals surface area contributed by atoms with E-state index in [1.807, 2.05) is 31.3 Å². The number of ether oxygens (including phenoxy) is 2. The molecule has 24 heavy (non-hydrogen) atoms. The van der Waals surface area contributed by atoms with Gasteiger partial charge in [0, 0.05) is 24.9 Å². The molecule has 0 fully saturated rings. The van der Waals surface area contributed by atoms with Crippen molar-refractivity contribution in [2.24, 2.45) is 7.05 Å². The normalized spacial score (nSPS) is 11.1. The summed E-state index contributed by atoms with van der Waals surface area (Å²) in [5.74, 6) is 2.00. The highest BCUT2D eigenvalue weighted by Gasteiger charge is 2.17. The summed E-state index contributed by atoms with van der Waals surface area (Å²) < 4.78 is 14.1. The molecule has 0 amide bonds. The quantitative estimate of drug-likeness (QED) is 0.566. The highest BCUT2D eigenvalue weighted by atomic mass is 32.1. The number of aryl methyl sites for hydroxylation is 1. The Kier molecular flexibility index (Phi) is 3.42. The van der Waals surface area contributed by atoms with Crippen LogP contribution in [0.1, 0.15) is 0 Å². The van der Waals surface area contributed by atoms with Crippen LogP contribution >= 0.6 is 11.3 Å². The zero-order valence-corrected chi connectivity index (χ0v) is 14.1. The summed E-state index contributed by atoms with van der Waals surface area (Å²) in [5, 5.41) is 18.1. The third-order valence-electron chi connectivity index (χ3n) is 3.64. The molecule has 0 saturated carbocycles. The number of nitrogens with zero attached hydrogens (tertiary/aromatic N) is 6. The van der Waals surface area contributed by atoms with E-state index in [2.05, 4.69) is 20.4 Å². The summed E-state index contributed by atoms with van der Waals surface area (Å²) in [4.78, 5) is 0.711. The van der Waals surface area contributed by atoms with Crippen molar-refractivity contribution in [3.05, 3.63) is 30.5 Å². The molecule has 0 aliphatic rings. The van der Waals surface area contributed by atoms with E-state index in [0.29, 0.717) is 22.3 Å². The summed E-state index contributed by atoms with van der Waals surface area (Å²) in [6.45, 7) is 0. The van der Waals surface area contributed by atoms with Crippen molar-refractivity contribution in [3.8, 4) is 33.6 Å². The summed E-state index contributed by atoms with van der Waals surface area (Å²) in [7, 11) is 5.11. The SMILES string of the molecule is COc1cc(OC)cc(-c2nnc3sc(-c4ccnn4C)nn23)c1. The molecule has 0 saturated heterocycles. The van der Waals surface area contributed by atoms with E-state index in [9.17, 15) is 0 Å². The Balaban J connectivity index is 1.86. The second kappa shape index (κ2) is 5.60. The molecule has 0 bridgehead atoms. The molecular formula is C15H14N6O2S. The number of rotatable bonds is 4. The van der Waals surface area contributed by atoms with Crippen molar-refractivity contribution >= 4 is 16.3 Å². The van der Waals surface area contributed by atoms with Gasteiger partial charge in [-0.1, -0.05) is 11.3 Å². The van der Waals surface area contributed by atoms with Crippen molar-refractivity contribution in [3.63, 3.8) is 0 Å². The Morgan fingerprint density at radius 3 is 2.42 bits per heavy atom. The zero-order chi connectivity index (χ0) is 16.7. The van der Waals surface area contributed by atoms with Gasteiger partial charge in [-0.05, 0) is 18.2 Å². The minimum atomic E-state index is 0.631. The second-order valence-corrected chi connectivity index (χ2v) is 6.02. The number of fused-ring (bicyclic) bond motifs is 1. The van der Waals surface area contributed by atoms with E-state index in [1.165, 1.54) is 11.3 Å². The van der Waals surface area contributed by atoms with Gasteiger partial charge in [0.05, 0.1) is 19.9 Å². The van der Waals surface area contributed by atoms with Crippen molar-refractivity contribution in [1.29, 1.82) is 0 Å². The third kappa shape index (κ3) is 2.29. The van der Waals surface area contributed by atoms with E-state index in [1.54, 1.807) is 29.6 Å². The van der Waals surface area contributed by atoms with E-state index in [0.717, 1.165) is 16.3 Å². The van der Waals surface area contributed by atoms with Crippen LogP contribution in [0.2, 0.25) is 0 Å². The molecular weight excluding hydrogens is 328 g/mol. The third-order valence-corrected chi connectivity index (χ3v) is 4.56. The van der Waals surface area contributed by atoms with Crippen LogP contribution < -0.4 is 9.47 Å². The molecule has 9 heteroatoms. The number of hydrogen-bond donors (Lipinski definition) is 0. The van der Waals surface area contributed by atoms with Gasteiger partial charge in [0.15, 0.2) is 10.8 Å². The van der Waals surface area contributed by atoms with Gasteiger partial charge in [0.2, 0.25) is 4.96 Å². The van der Waals surface area contributed by atoms with Crippen molar-refractivity contribution in [1.82, 2.24) is 29.6 Å². The average Bonchev–Trinajstić information content (AvgIpc) is 3.28. The zero-order valence-electron chi connectivity index (χ0n) is 13.3. The van der Waals surface area contributed by atoms with E-state index in [4.69, 9.17) is 9.47 Å². The lowest BCUT2D eigenvalue weighted by atomic mass is 10.2. The summed E-state index contributed by atoms with van der Waals surface area (Å²) >= 11 is 1.46. The van der Waals surface area contributed by atoms with Crippen LogP contribution in [0.4, 0.5) is 0 Å². The molecule has 0 atom stereocenters. The van der Waals surface area contributed by atoms with Crippen molar-refractivity contribution in [2.75, 3.05) is 14.2 Å². The number of hydrogen-bond acceptors (Lipinski definition) is 7. The highest BCUT2D eigenvalue weighted by Crippen LogP contribution is 2.31. The fraction of sp³-hybridized carbons (Fsp3) is 0.200. The Morgan fingerprint density at radius 2 is 1.79 bits per heavy atom. The van der Waals surface area contributed by atoms with Gasteiger partial charge in [-0.3, -0.25) is 4.68 Å². The predicted octanol–water partition coefficient (Wildman–Crippen LogP) is 2.27. The molecule has 0 unspecified atom stereocenters. The first-order valence-electron chi connectivity index (χ1n) is 7.13. The second-order valence-electron chi connectivity index (χ2n) is 5.07. The smallest absolute Gasteiger partial charge is 0.235 e. The number of benzene rings is 1. The first-order valence-corrected chi connectivity index (χ1v) is 7.95. The maximum Gasteiger partial charge on any atom is 0.235 e. The van der Waals surface area contributed by atoms with E-state index >= 15 is 0 Å². The molecule has 0 spiro atoms. The molecule has 0 aliphatic carbocycles. The first kappa shape index (κ1) is 14.6. The minimum Gasteiger partial charge on any atom is -0.497 e. The summed E-state index contributed by atoms with van der Waals surface area (Å²) in [5.41, 5.74) is 1.75. The predicted molar refractivity (Wildman–Crippen MR) is 89.4 cm³/mol. The molecule has 122 valence electrons. The van der Waals surface area contributed by atoms with Crippen LogP contribution in [0.25, 0.3) is 27.1 Å². The van der Waals surface area contributed by atoms with Gasteiger partial charge in [-0.15, -0.1) is 10.2 Å². The number of aromatic nitrogens is 6. The molecule has 4 rings (SSSR count). The van der Waals surface area contributed by atoms with Gasteiger partial charge < -0.3 is 9.47 Å². The molecule has 0 aliphatic heterocycles. The van der Waals surface area contributed by atoms with Crippen molar-refractivity contribution < 1.29 is 9.47 Å². The molecule has 4 aromatic rings. The number of methoxy groups -OCH3 is 2. The van der Waals surface area contributed by atoms with Crippen LogP contribution in [-0.4, -0.2) is 43.8 Å². The Labute approximate surface area is 141 Å². The standard InChI is InChI=1S/C15H14N6O2S/c1-20-12(4-5-16-20)14-19-21-13(17-18-15(21)24-14)9-6-10(22-2)8-11(7-9)23-3/h4-8H,1-3H3. The molecule has 3 heterocycles. The lowest BCUT2D eigenvalue weighted by molar-refractivity contribution is 0.394. The van der Waals surface area contributed by atoms with Gasteiger partial charge in [-0.2, -0.15) is 14.7 Å². The average molecular weight is 342 g/mol.